The lowest BCUT2D eigenvalue weighted by Gasteiger charge is -2.37. The van der Waals surface area contributed by atoms with Gasteiger partial charge < -0.3 is 9.47 Å². The van der Waals surface area contributed by atoms with Gasteiger partial charge in [-0.2, -0.15) is 0 Å². The molecule has 2 saturated carbocycles. The Labute approximate surface area is 172 Å². The maximum atomic E-state index is 14.9. The molecular weight excluding hydrogens is 377 g/mol. The molecule has 0 amide bonds. The van der Waals surface area contributed by atoms with Gasteiger partial charge in [-0.25, -0.2) is 13.2 Å². The van der Waals surface area contributed by atoms with Crippen LogP contribution in [0.15, 0.2) is 18.2 Å². The summed E-state index contributed by atoms with van der Waals surface area (Å²) in [4.78, 5) is 0. The molecule has 4 rings (SSSR count). The number of ether oxygens (including phenoxy) is 2. The molecule has 1 aliphatic heterocycles. The van der Waals surface area contributed by atoms with E-state index in [4.69, 9.17) is 9.47 Å². The standard InChI is InChI=1S/C24H33F3O2/c1-15-13-28-24(29-14-15)19-8-2-16(3-9-19)20-10-11-21(22(25)12-20)17-4-6-18(7-5-17)23(26)27/h10-12,15-19,23-24H,2-9,13-14H2,1H3. The second-order valence-corrected chi connectivity index (χ2v) is 9.48. The van der Waals surface area contributed by atoms with Gasteiger partial charge in [0.1, 0.15) is 5.82 Å². The van der Waals surface area contributed by atoms with Crippen molar-refractivity contribution in [1.29, 1.82) is 0 Å². The molecule has 29 heavy (non-hydrogen) atoms. The lowest BCUT2D eigenvalue weighted by atomic mass is 9.76. The van der Waals surface area contributed by atoms with Crippen molar-refractivity contribution in [2.45, 2.75) is 82.8 Å². The minimum atomic E-state index is -2.24. The lowest BCUT2D eigenvalue weighted by molar-refractivity contribution is -0.226. The molecule has 0 aromatic heterocycles. The molecule has 2 nitrogen and oxygen atoms in total. The van der Waals surface area contributed by atoms with Gasteiger partial charge in [0.2, 0.25) is 6.43 Å². The van der Waals surface area contributed by atoms with Crippen LogP contribution < -0.4 is 0 Å². The Morgan fingerprint density at radius 3 is 2.07 bits per heavy atom. The van der Waals surface area contributed by atoms with E-state index in [0.717, 1.165) is 44.5 Å². The fourth-order valence-corrected chi connectivity index (χ4v) is 5.42. The number of alkyl halides is 2. The monoisotopic (exact) mass is 410 g/mol. The van der Waals surface area contributed by atoms with Crippen LogP contribution in [0.5, 0.6) is 0 Å². The number of hydrogen-bond acceptors (Lipinski definition) is 2. The highest BCUT2D eigenvalue weighted by Gasteiger charge is 2.33. The number of halogens is 3. The molecular formula is C24H33F3O2. The molecule has 0 spiro atoms. The van der Waals surface area contributed by atoms with E-state index in [1.165, 1.54) is 0 Å². The van der Waals surface area contributed by atoms with Crippen LogP contribution in [-0.4, -0.2) is 25.9 Å². The van der Waals surface area contributed by atoms with Crippen molar-refractivity contribution in [1.82, 2.24) is 0 Å². The summed E-state index contributed by atoms with van der Waals surface area (Å²) in [6.45, 7) is 3.68. The highest BCUT2D eigenvalue weighted by atomic mass is 19.3. The van der Waals surface area contributed by atoms with Gasteiger partial charge in [0.15, 0.2) is 6.29 Å². The van der Waals surface area contributed by atoms with Gasteiger partial charge in [-0.3, -0.25) is 0 Å². The van der Waals surface area contributed by atoms with Crippen molar-refractivity contribution < 1.29 is 22.6 Å². The quantitative estimate of drug-likeness (QED) is 0.553. The van der Waals surface area contributed by atoms with Gasteiger partial charge >= 0.3 is 0 Å². The second-order valence-electron chi connectivity index (χ2n) is 9.48. The average Bonchev–Trinajstić information content (AvgIpc) is 2.74. The van der Waals surface area contributed by atoms with Gasteiger partial charge in [0.05, 0.1) is 13.2 Å². The highest BCUT2D eigenvalue weighted by molar-refractivity contribution is 5.30. The van der Waals surface area contributed by atoms with Crippen LogP contribution >= 0.6 is 0 Å². The Balaban J connectivity index is 1.32. The molecule has 5 heteroatoms. The van der Waals surface area contributed by atoms with E-state index in [0.29, 0.717) is 49.0 Å². The van der Waals surface area contributed by atoms with Gasteiger partial charge in [-0.1, -0.05) is 19.1 Å². The van der Waals surface area contributed by atoms with Crippen LogP contribution in [-0.2, 0) is 9.47 Å². The van der Waals surface area contributed by atoms with Crippen LogP contribution in [0.4, 0.5) is 13.2 Å². The molecule has 0 atom stereocenters. The molecule has 0 radical (unpaired) electrons. The molecule has 3 fully saturated rings. The van der Waals surface area contributed by atoms with Crippen molar-refractivity contribution in [3.05, 3.63) is 35.1 Å². The van der Waals surface area contributed by atoms with Gasteiger partial charge in [-0.05, 0) is 80.4 Å². The van der Waals surface area contributed by atoms with Crippen molar-refractivity contribution >= 4 is 0 Å². The van der Waals surface area contributed by atoms with Gasteiger partial charge in [0, 0.05) is 17.8 Å². The van der Waals surface area contributed by atoms with E-state index >= 15 is 0 Å². The minimum Gasteiger partial charge on any atom is -0.352 e. The summed E-state index contributed by atoms with van der Waals surface area (Å²) in [7, 11) is 0. The Morgan fingerprint density at radius 2 is 1.48 bits per heavy atom. The number of benzene rings is 1. The van der Waals surface area contributed by atoms with Crippen LogP contribution in [0, 0.1) is 23.6 Å². The molecule has 0 unspecified atom stereocenters. The first-order chi connectivity index (χ1) is 14.0. The maximum Gasteiger partial charge on any atom is 0.241 e. The molecule has 0 bridgehead atoms. The highest BCUT2D eigenvalue weighted by Crippen LogP contribution is 2.42. The summed E-state index contributed by atoms with van der Waals surface area (Å²) >= 11 is 0. The number of rotatable bonds is 4. The van der Waals surface area contributed by atoms with E-state index in [1.807, 2.05) is 6.07 Å². The molecule has 1 aromatic carbocycles. The molecule has 0 N–H and O–H groups in total. The summed E-state index contributed by atoms with van der Waals surface area (Å²) in [6, 6.07) is 5.69. The van der Waals surface area contributed by atoms with Crippen molar-refractivity contribution in [3.8, 4) is 0 Å². The van der Waals surface area contributed by atoms with Gasteiger partial charge in [-0.15, -0.1) is 0 Å². The fourth-order valence-electron chi connectivity index (χ4n) is 5.42. The fraction of sp³-hybridized carbons (Fsp3) is 0.750. The lowest BCUT2D eigenvalue weighted by Crippen LogP contribution is -2.37. The van der Waals surface area contributed by atoms with Gasteiger partial charge in [0.25, 0.3) is 0 Å². The van der Waals surface area contributed by atoms with E-state index in [-0.39, 0.29) is 18.0 Å². The zero-order valence-corrected chi connectivity index (χ0v) is 17.3. The van der Waals surface area contributed by atoms with Crippen molar-refractivity contribution in [2.24, 2.45) is 17.8 Å². The summed E-state index contributed by atoms with van der Waals surface area (Å²) in [5.74, 6) is 0.703. The van der Waals surface area contributed by atoms with E-state index < -0.39 is 12.3 Å². The minimum absolute atomic E-state index is 0.0744. The predicted molar refractivity (Wildman–Crippen MR) is 107 cm³/mol. The third kappa shape index (κ3) is 4.99. The third-order valence-electron chi connectivity index (χ3n) is 7.31. The van der Waals surface area contributed by atoms with Crippen molar-refractivity contribution in [3.63, 3.8) is 0 Å². The molecule has 2 aliphatic carbocycles. The largest absolute Gasteiger partial charge is 0.352 e. The topological polar surface area (TPSA) is 18.5 Å². The summed E-state index contributed by atoms with van der Waals surface area (Å²) in [5.41, 5.74) is 1.79. The number of hydrogen-bond donors (Lipinski definition) is 0. The zero-order valence-electron chi connectivity index (χ0n) is 17.3. The van der Waals surface area contributed by atoms with Crippen molar-refractivity contribution in [2.75, 3.05) is 13.2 Å². The predicted octanol–water partition coefficient (Wildman–Crippen LogP) is 6.65. The van der Waals surface area contributed by atoms with Crippen LogP contribution in [0.2, 0.25) is 0 Å². The SMILES string of the molecule is CC1COC(C2CCC(c3ccc(C4CCC(C(F)F)CC4)c(F)c3)CC2)OC1. The average molecular weight is 411 g/mol. The second kappa shape index (κ2) is 9.38. The Bertz CT molecular complexity index is 656. The maximum absolute atomic E-state index is 14.9. The van der Waals surface area contributed by atoms with E-state index in [2.05, 4.69) is 13.0 Å². The Morgan fingerprint density at radius 1 is 0.862 bits per heavy atom. The Kier molecular flexibility index (Phi) is 6.85. The summed E-state index contributed by atoms with van der Waals surface area (Å²) in [6.07, 6.45) is 4.15. The first-order valence-corrected chi connectivity index (χ1v) is 11.3. The summed E-state index contributed by atoms with van der Waals surface area (Å²) < 4.78 is 52.3. The first-order valence-electron chi connectivity index (χ1n) is 11.3. The normalized spacial score (nSPS) is 36.3. The van der Waals surface area contributed by atoms with Crippen LogP contribution in [0.3, 0.4) is 0 Å². The smallest absolute Gasteiger partial charge is 0.241 e. The zero-order chi connectivity index (χ0) is 20.4. The molecule has 3 aliphatic rings. The first kappa shape index (κ1) is 21.2. The van der Waals surface area contributed by atoms with Crippen LogP contribution in [0.25, 0.3) is 0 Å². The molecule has 162 valence electrons. The third-order valence-corrected chi connectivity index (χ3v) is 7.31. The van der Waals surface area contributed by atoms with E-state index in [1.54, 1.807) is 6.07 Å². The van der Waals surface area contributed by atoms with Crippen LogP contribution in [0.1, 0.15) is 81.3 Å². The molecule has 1 heterocycles. The Hall–Kier alpha value is -1.07. The van der Waals surface area contributed by atoms with E-state index in [9.17, 15) is 13.2 Å². The molecule has 1 saturated heterocycles. The summed E-state index contributed by atoms with van der Waals surface area (Å²) in [5, 5.41) is 0. The molecule has 1 aromatic rings.